The maximum absolute atomic E-state index is 2.59. The van der Waals surface area contributed by atoms with Crippen LogP contribution in [0.2, 0.25) is 0 Å². The Bertz CT molecular complexity index is 387. The molecule has 0 aliphatic heterocycles. The van der Waals surface area contributed by atoms with Crippen LogP contribution in [0.25, 0.3) is 0 Å². The highest BCUT2D eigenvalue weighted by Gasteiger charge is 2.51. The first-order chi connectivity index (χ1) is 11.7. The zero-order chi connectivity index (χ0) is 20.9. The van der Waals surface area contributed by atoms with Gasteiger partial charge in [0.1, 0.15) is 0 Å². The lowest BCUT2D eigenvalue weighted by Gasteiger charge is -2.57. The Morgan fingerprint density at radius 1 is 0.692 bits per heavy atom. The molecule has 0 saturated carbocycles. The first-order valence-electron chi connectivity index (χ1n) is 11.7. The molecule has 0 N–H and O–H groups in total. The average molecular weight is 367 g/mol. The Labute approximate surface area is 168 Å². The van der Waals surface area contributed by atoms with Gasteiger partial charge in [0.05, 0.1) is 0 Å². The molecule has 0 aromatic carbocycles. The van der Waals surface area contributed by atoms with Crippen LogP contribution in [0.3, 0.4) is 0 Å². The van der Waals surface area contributed by atoms with Gasteiger partial charge in [0.15, 0.2) is 0 Å². The van der Waals surface area contributed by atoms with Gasteiger partial charge in [-0.05, 0) is 65.1 Å². The van der Waals surface area contributed by atoms with E-state index in [1.807, 2.05) is 0 Å². The minimum atomic E-state index is 0.366. The third-order valence-electron chi connectivity index (χ3n) is 8.37. The van der Waals surface area contributed by atoms with Crippen LogP contribution in [0.4, 0.5) is 0 Å². The second kappa shape index (κ2) is 9.97. The van der Waals surface area contributed by atoms with Crippen LogP contribution in [-0.2, 0) is 0 Å². The summed E-state index contributed by atoms with van der Waals surface area (Å²) in [5.74, 6) is 3.79. The van der Waals surface area contributed by atoms with E-state index in [1.54, 1.807) is 0 Å². The Morgan fingerprint density at radius 3 is 1.50 bits per heavy atom. The SMILES string of the molecule is CCC(C)C(C(C)(C)C(C)C)C(CC)(CC(C)C)C(C)CC(C)(C)CC. The molecule has 0 rings (SSSR count). The molecule has 0 amide bonds. The number of rotatable bonds is 12. The lowest BCUT2D eigenvalue weighted by atomic mass is 9.48. The summed E-state index contributed by atoms with van der Waals surface area (Å²) in [6.07, 6.45) is 6.61. The zero-order valence-corrected chi connectivity index (χ0v) is 20.9. The van der Waals surface area contributed by atoms with Crippen molar-refractivity contribution in [1.82, 2.24) is 0 Å². The molecule has 0 saturated heterocycles. The van der Waals surface area contributed by atoms with Crippen molar-refractivity contribution in [3.8, 4) is 0 Å². The van der Waals surface area contributed by atoms with Gasteiger partial charge in [-0.15, -0.1) is 0 Å². The molecular formula is C26H54. The summed E-state index contributed by atoms with van der Waals surface area (Å²) in [4.78, 5) is 0. The van der Waals surface area contributed by atoms with E-state index in [0.29, 0.717) is 22.2 Å². The summed E-state index contributed by atoms with van der Waals surface area (Å²) in [6.45, 7) is 32.3. The molecule has 0 aliphatic rings. The Balaban J connectivity index is 6.37. The van der Waals surface area contributed by atoms with Crippen LogP contribution in [0.1, 0.15) is 122 Å². The van der Waals surface area contributed by atoms with Crippen LogP contribution in [-0.4, -0.2) is 0 Å². The summed E-state index contributed by atoms with van der Waals surface area (Å²) < 4.78 is 0. The zero-order valence-electron chi connectivity index (χ0n) is 20.9. The van der Waals surface area contributed by atoms with Gasteiger partial charge in [0.25, 0.3) is 0 Å². The van der Waals surface area contributed by atoms with Crippen LogP contribution < -0.4 is 0 Å². The Kier molecular flexibility index (Phi) is 9.97. The predicted octanol–water partition coefficient (Wildman–Crippen LogP) is 9.24. The molecule has 0 fully saturated rings. The molecule has 158 valence electrons. The van der Waals surface area contributed by atoms with E-state index in [4.69, 9.17) is 0 Å². The smallest absolute Gasteiger partial charge is 0.0236 e. The van der Waals surface area contributed by atoms with Gasteiger partial charge in [0.2, 0.25) is 0 Å². The summed E-state index contributed by atoms with van der Waals surface area (Å²) in [7, 11) is 0. The van der Waals surface area contributed by atoms with E-state index in [9.17, 15) is 0 Å². The van der Waals surface area contributed by atoms with Crippen molar-refractivity contribution in [2.24, 2.45) is 45.8 Å². The average Bonchev–Trinajstić information content (AvgIpc) is 2.52. The summed E-state index contributed by atoms with van der Waals surface area (Å²) in [5.41, 5.74) is 1.24. The molecule has 4 atom stereocenters. The normalized spacial score (nSPS) is 19.5. The Morgan fingerprint density at radius 2 is 1.19 bits per heavy atom. The van der Waals surface area contributed by atoms with Crippen molar-refractivity contribution >= 4 is 0 Å². The van der Waals surface area contributed by atoms with Crippen molar-refractivity contribution < 1.29 is 0 Å². The van der Waals surface area contributed by atoms with Crippen LogP contribution in [0.5, 0.6) is 0 Å². The van der Waals surface area contributed by atoms with E-state index in [-0.39, 0.29) is 0 Å². The molecular weight excluding hydrogens is 312 g/mol. The summed E-state index contributed by atoms with van der Waals surface area (Å²) >= 11 is 0. The van der Waals surface area contributed by atoms with Crippen molar-refractivity contribution in [2.45, 2.75) is 122 Å². The predicted molar refractivity (Wildman–Crippen MR) is 122 cm³/mol. The third kappa shape index (κ3) is 6.00. The van der Waals surface area contributed by atoms with Crippen molar-refractivity contribution in [1.29, 1.82) is 0 Å². The fourth-order valence-corrected chi connectivity index (χ4v) is 5.92. The highest BCUT2D eigenvalue weighted by atomic mass is 14.6. The minimum absolute atomic E-state index is 0.366. The third-order valence-corrected chi connectivity index (χ3v) is 8.37. The van der Waals surface area contributed by atoms with Crippen molar-refractivity contribution in [3.63, 3.8) is 0 Å². The van der Waals surface area contributed by atoms with Crippen molar-refractivity contribution in [2.75, 3.05) is 0 Å². The maximum atomic E-state index is 2.59. The second-order valence-corrected chi connectivity index (χ2v) is 11.6. The van der Waals surface area contributed by atoms with Crippen LogP contribution in [0, 0.1) is 45.8 Å². The van der Waals surface area contributed by atoms with E-state index in [1.165, 1.54) is 32.1 Å². The van der Waals surface area contributed by atoms with Gasteiger partial charge in [-0.2, -0.15) is 0 Å². The monoisotopic (exact) mass is 366 g/mol. The molecule has 0 spiro atoms. The van der Waals surface area contributed by atoms with Gasteiger partial charge in [-0.3, -0.25) is 0 Å². The number of hydrogen-bond donors (Lipinski definition) is 0. The van der Waals surface area contributed by atoms with Crippen LogP contribution in [0.15, 0.2) is 0 Å². The van der Waals surface area contributed by atoms with Gasteiger partial charge in [-0.1, -0.05) is 103 Å². The quantitative estimate of drug-likeness (QED) is 0.323. The molecule has 0 aromatic rings. The summed E-state index contributed by atoms with van der Waals surface area (Å²) in [6, 6.07) is 0. The standard InChI is InChI=1S/C26H54/c1-14-21(8)23(25(12,13)20(6)7)26(16-3,17-19(4)5)22(9)18-24(10,11)15-2/h19-23H,14-18H2,1-13H3. The van der Waals surface area contributed by atoms with E-state index in [0.717, 1.165) is 23.7 Å². The molecule has 0 aliphatic carbocycles. The lowest BCUT2D eigenvalue weighted by Crippen LogP contribution is -2.50. The highest BCUT2D eigenvalue weighted by Crippen LogP contribution is 2.59. The Hall–Kier alpha value is 0. The van der Waals surface area contributed by atoms with Gasteiger partial charge >= 0.3 is 0 Å². The molecule has 0 heteroatoms. The first-order valence-corrected chi connectivity index (χ1v) is 11.7. The largest absolute Gasteiger partial charge is 0.0651 e. The second-order valence-electron chi connectivity index (χ2n) is 11.6. The highest BCUT2D eigenvalue weighted by molar-refractivity contribution is 5.00. The molecule has 0 bridgehead atoms. The van der Waals surface area contributed by atoms with Crippen LogP contribution >= 0.6 is 0 Å². The van der Waals surface area contributed by atoms with Gasteiger partial charge < -0.3 is 0 Å². The van der Waals surface area contributed by atoms with Gasteiger partial charge in [0, 0.05) is 0 Å². The molecule has 26 heavy (non-hydrogen) atoms. The van der Waals surface area contributed by atoms with E-state index >= 15 is 0 Å². The molecule has 0 nitrogen and oxygen atoms in total. The van der Waals surface area contributed by atoms with Crippen molar-refractivity contribution in [3.05, 3.63) is 0 Å². The first kappa shape index (κ1) is 26.0. The van der Waals surface area contributed by atoms with E-state index in [2.05, 4.69) is 90.0 Å². The molecule has 0 heterocycles. The molecule has 0 aromatic heterocycles. The molecule has 0 radical (unpaired) electrons. The fraction of sp³-hybridized carbons (Fsp3) is 1.00. The maximum Gasteiger partial charge on any atom is -0.0236 e. The fourth-order valence-electron chi connectivity index (χ4n) is 5.92. The lowest BCUT2D eigenvalue weighted by molar-refractivity contribution is -0.0836. The topological polar surface area (TPSA) is 0 Å². The molecule has 4 unspecified atom stereocenters. The summed E-state index contributed by atoms with van der Waals surface area (Å²) in [5, 5.41) is 0. The van der Waals surface area contributed by atoms with E-state index < -0.39 is 0 Å². The van der Waals surface area contributed by atoms with Gasteiger partial charge in [-0.25, -0.2) is 0 Å². The minimum Gasteiger partial charge on any atom is -0.0651 e. The number of hydrogen-bond acceptors (Lipinski definition) is 0.